The summed E-state index contributed by atoms with van der Waals surface area (Å²) in [7, 11) is 0. The first kappa shape index (κ1) is 20.9. The van der Waals surface area contributed by atoms with E-state index in [1.807, 2.05) is 20.8 Å². The van der Waals surface area contributed by atoms with Crippen molar-refractivity contribution < 1.29 is 33.2 Å². The van der Waals surface area contributed by atoms with Crippen molar-refractivity contribution in [3.63, 3.8) is 0 Å². The van der Waals surface area contributed by atoms with Crippen LogP contribution in [-0.2, 0) is 11.3 Å². The van der Waals surface area contributed by atoms with Gasteiger partial charge in [0.1, 0.15) is 6.61 Å². The molecule has 2 aromatic rings. The van der Waals surface area contributed by atoms with Gasteiger partial charge in [-0.05, 0) is 50.6 Å². The normalized spacial score (nSPS) is 11.9. The van der Waals surface area contributed by atoms with Crippen LogP contribution >= 0.6 is 11.6 Å². The van der Waals surface area contributed by atoms with E-state index in [-0.39, 0.29) is 13.4 Å². The molecule has 0 unspecified atom stereocenters. The van der Waals surface area contributed by atoms with E-state index in [4.69, 9.17) is 40.0 Å². The highest BCUT2D eigenvalue weighted by Gasteiger charge is 2.21. The van der Waals surface area contributed by atoms with Crippen LogP contribution < -0.4 is 23.7 Å². The molecule has 1 heterocycles. The number of carbonyl (C=O) groups excluding carboxylic acids is 1. The summed E-state index contributed by atoms with van der Waals surface area (Å²) in [5.74, 6) is 1.83. The number of ether oxygens (including phenoxy) is 6. The molecule has 0 saturated carbocycles. The maximum atomic E-state index is 12.7. The molecule has 0 fully saturated rings. The highest BCUT2D eigenvalue weighted by Crippen LogP contribution is 2.41. The van der Waals surface area contributed by atoms with Crippen LogP contribution in [-0.4, -0.2) is 32.6 Å². The van der Waals surface area contributed by atoms with Crippen molar-refractivity contribution in [3.05, 3.63) is 40.4 Å². The summed E-state index contributed by atoms with van der Waals surface area (Å²) < 4.78 is 33.0. The third kappa shape index (κ3) is 4.79. The first-order valence-corrected chi connectivity index (χ1v) is 9.76. The molecular weight excluding hydrogens is 400 g/mol. The van der Waals surface area contributed by atoms with Crippen molar-refractivity contribution >= 4 is 17.6 Å². The van der Waals surface area contributed by atoms with Gasteiger partial charge < -0.3 is 28.4 Å². The summed E-state index contributed by atoms with van der Waals surface area (Å²) in [6.45, 7) is 6.98. The number of hydrogen-bond acceptors (Lipinski definition) is 7. The standard InChI is InChI=1S/C21H23ClO7/c1-4-24-17-9-14(10-18(25-5-2)20(17)26-6-3)21(23)27-11-13-7-15(22)19-16(8-13)28-12-29-19/h7-10H,4-6,11-12H2,1-3H3. The topological polar surface area (TPSA) is 72.5 Å². The van der Waals surface area contributed by atoms with Gasteiger partial charge >= 0.3 is 5.97 Å². The lowest BCUT2D eigenvalue weighted by molar-refractivity contribution is 0.0471. The van der Waals surface area contributed by atoms with Crippen molar-refractivity contribution in [3.8, 4) is 28.7 Å². The summed E-state index contributed by atoms with van der Waals surface area (Å²) >= 11 is 6.17. The molecular formula is C21H23ClO7. The molecule has 0 atom stereocenters. The fraction of sp³-hybridized carbons (Fsp3) is 0.381. The Balaban J connectivity index is 1.80. The van der Waals surface area contributed by atoms with Gasteiger partial charge in [0.25, 0.3) is 0 Å². The molecule has 7 nitrogen and oxygen atoms in total. The Morgan fingerprint density at radius 1 is 0.966 bits per heavy atom. The molecule has 3 rings (SSSR count). The zero-order valence-corrected chi connectivity index (χ0v) is 17.3. The molecule has 0 bridgehead atoms. The molecule has 1 aliphatic heterocycles. The smallest absolute Gasteiger partial charge is 0.338 e. The van der Waals surface area contributed by atoms with E-state index in [9.17, 15) is 4.79 Å². The van der Waals surface area contributed by atoms with Crippen LogP contribution in [0, 0.1) is 0 Å². The molecule has 1 aliphatic rings. The first-order chi connectivity index (χ1) is 14.1. The summed E-state index contributed by atoms with van der Waals surface area (Å²) in [4.78, 5) is 12.7. The van der Waals surface area contributed by atoms with Gasteiger partial charge in [0, 0.05) is 0 Å². The van der Waals surface area contributed by atoms with E-state index < -0.39 is 5.97 Å². The van der Waals surface area contributed by atoms with Gasteiger partial charge in [0.05, 0.1) is 30.4 Å². The van der Waals surface area contributed by atoms with Gasteiger partial charge in [0.2, 0.25) is 12.5 Å². The molecule has 0 aromatic heterocycles. The van der Waals surface area contributed by atoms with Gasteiger partial charge in [-0.25, -0.2) is 4.79 Å². The van der Waals surface area contributed by atoms with Crippen LogP contribution in [0.2, 0.25) is 5.02 Å². The molecule has 0 spiro atoms. The molecule has 156 valence electrons. The van der Waals surface area contributed by atoms with E-state index in [1.54, 1.807) is 24.3 Å². The van der Waals surface area contributed by atoms with Gasteiger partial charge in [0.15, 0.2) is 23.0 Å². The zero-order valence-electron chi connectivity index (χ0n) is 16.6. The molecule has 29 heavy (non-hydrogen) atoms. The second kappa shape index (κ2) is 9.60. The highest BCUT2D eigenvalue weighted by atomic mass is 35.5. The van der Waals surface area contributed by atoms with Crippen LogP contribution in [0.25, 0.3) is 0 Å². The Morgan fingerprint density at radius 3 is 2.24 bits per heavy atom. The van der Waals surface area contributed by atoms with Crippen molar-refractivity contribution in [2.24, 2.45) is 0 Å². The fourth-order valence-electron chi connectivity index (χ4n) is 2.84. The van der Waals surface area contributed by atoms with Crippen molar-refractivity contribution in [1.29, 1.82) is 0 Å². The van der Waals surface area contributed by atoms with E-state index in [1.165, 1.54) is 0 Å². The summed E-state index contributed by atoms with van der Waals surface area (Å²) in [5.41, 5.74) is 0.987. The van der Waals surface area contributed by atoms with Crippen molar-refractivity contribution in [2.45, 2.75) is 27.4 Å². The monoisotopic (exact) mass is 422 g/mol. The number of esters is 1. The summed E-state index contributed by atoms with van der Waals surface area (Å²) in [5, 5.41) is 0.407. The van der Waals surface area contributed by atoms with E-state index in [2.05, 4.69) is 0 Å². The Hall–Kier alpha value is -2.80. The maximum absolute atomic E-state index is 12.7. The second-order valence-electron chi connectivity index (χ2n) is 5.99. The van der Waals surface area contributed by atoms with Crippen LogP contribution in [0.5, 0.6) is 28.7 Å². The maximum Gasteiger partial charge on any atom is 0.338 e. The predicted molar refractivity (Wildman–Crippen MR) is 107 cm³/mol. The van der Waals surface area contributed by atoms with Gasteiger partial charge in [-0.1, -0.05) is 11.6 Å². The zero-order chi connectivity index (χ0) is 20.8. The molecule has 0 amide bonds. The molecule has 0 saturated heterocycles. The number of benzene rings is 2. The third-order valence-corrected chi connectivity index (χ3v) is 4.28. The van der Waals surface area contributed by atoms with Gasteiger partial charge in [-0.2, -0.15) is 0 Å². The lowest BCUT2D eigenvalue weighted by Crippen LogP contribution is -2.09. The van der Waals surface area contributed by atoms with E-state index >= 15 is 0 Å². The van der Waals surface area contributed by atoms with Crippen LogP contribution in [0.15, 0.2) is 24.3 Å². The number of carbonyl (C=O) groups is 1. The highest BCUT2D eigenvalue weighted by molar-refractivity contribution is 6.32. The van der Waals surface area contributed by atoms with Crippen LogP contribution in [0.1, 0.15) is 36.7 Å². The van der Waals surface area contributed by atoms with Crippen LogP contribution in [0.4, 0.5) is 0 Å². The van der Waals surface area contributed by atoms with Gasteiger partial charge in [-0.3, -0.25) is 0 Å². The minimum absolute atomic E-state index is 0.0241. The number of fused-ring (bicyclic) bond motifs is 1. The third-order valence-electron chi connectivity index (χ3n) is 4.00. The second-order valence-corrected chi connectivity index (χ2v) is 6.40. The average Bonchev–Trinajstić information content (AvgIpc) is 3.18. The Labute approximate surface area is 174 Å². The number of rotatable bonds is 9. The molecule has 0 aliphatic carbocycles. The molecule has 8 heteroatoms. The van der Waals surface area contributed by atoms with Crippen molar-refractivity contribution in [2.75, 3.05) is 26.6 Å². The van der Waals surface area contributed by atoms with Crippen molar-refractivity contribution in [1.82, 2.24) is 0 Å². The fourth-order valence-corrected chi connectivity index (χ4v) is 3.13. The minimum atomic E-state index is -0.524. The predicted octanol–water partition coefficient (Wildman–Crippen LogP) is 4.62. The lowest BCUT2D eigenvalue weighted by atomic mass is 10.1. The quantitative estimate of drug-likeness (QED) is 0.546. The van der Waals surface area contributed by atoms with Gasteiger partial charge in [-0.15, -0.1) is 0 Å². The van der Waals surface area contributed by atoms with E-state index in [0.29, 0.717) is 64.7 Å². The summed E-state index contributed by atoms with van der Waals surface area (Å²) in [6, 6.07) is 6.59. The average molecular weight is 423 g/mol. The Bertz CT molecular complexity index is 855. The first-order valence-electron chi connectivity index (χ1n) is 9.38. The minimum Gasteiger partial charge on any atom is -0.490 e. The molecule has 2 aromatic carbocycles. The van der Waals surface area contributed by atoms with E-state index in [0.717, 1.165) is 0 Å². The summed E-state index contributed by atoms with van der Waals surface area (Å²) in [6.07, 6.45) is 0. The van der Waals surface area contributed by atoms with Crippen LogP contribution in [0.3, 0.4) is 0 Å². The Kier molecular flexibility index (Phi) is 6.93. The largest absolute Gasteiger partial charge is 0.490 e. The molecule has 0 radical (unpaired) electrons. The SMILES string of the molecule is CCOc1cc(C(=O)OCc2cc(Cl)c3c(c2)OCO3)cc(OCC)c1OCC. The molecule has 0 N–H and O–H groups in total. The number of hydrogen-bond donors (Lipinski definition) is 0. The number of halogens is 1. The Morgan fingerprint density at radius 2 is 1.62 bits per heavy atom. The lowest BCUT2D eigenvalue weighted by Gasteiger charge is -2.17.